The molecule has 2 aromatic rings. The number of nitro benzene ring substituents is 1. The summed E-state index contributed by atoms with van der Waals surface area (Å²) in [4.78, 5) is 22.6. The first kappa shape index (κ1) is 19.7. The van der Waals surface area contributed by atoms with Crippen molar-refractivity contribution in [1.82, 2.24) is 0 Å². The third kappa shape index (κ3) is 5.42. The van der Waals surface area contributed by atoms with E-state index in [4.69, 9.17) is 16.3 Å². The van der Waals surface area contributed by atoms with Crippen molar-refractivity contribution in [2.24, 2.45) is 0 Å². The number of non-ortho nitro benzene ring substituents is 1. The van der Waals surface area contributed by atoms with E-state index in [1.54, 1.807) is 24.3 Å². The minimum Gasteiger partial charge on any atom is -0.489 e. The van der Waals surface area contributed by atoms with E-state index in [1.807, 2.05) is 6.07 Å². The van der Waals surface area contributed by atoms with E-state index in [0.717, 1.165) is 0 Å². The summed E-state index contributed by atoms with van der Waals surface area (Å²) in [5.74, 6) is -0.289. The summed E-state index contributed by atoms with van der Waals surface area (Å²) in [7, 11) is 0. The lowest BCUT2D eigenvalue weighted by Gasteiger charge is -2.09. The predicted octanol–water partition coefficient (Wildman–Crippen LogP) is 4.36. The van der Waals surface area contributed by atoms with Crippen LogP contribution in [0.2, 0.25) is 5.02 Å². The van der Waals surface area contributed by atoms with E-state index in [2.05, 4.69) is 11.9 Å². The smallest absolute Gasteiger partial charge is 0.271 e. The highest BCUT2D eigenvalue weighted by Crippen LogP contribution is 2.26. The molecule has 7 nitrogen and oxygen atoms in total. The molecule has 1 N–H and O–H groups in total. The van der Waals surface area contributed by atoms with Gasteiger partial charge >= 0.3 is 0 Å². The van der Waals surface area contributed by atoms with Crippen molar-refractivity contribution in [3.63, 3.8) is 0 Å². The predicted molar refractivity (Wildman–Crippen MR) is 102 cm³/mol. The molecule has 0 heterocycles. The minimum atomic E-state index is -0.715. The number of hydrogen-bond donors (Lipinski definition) is 1. The molecule has 0 fully saturated rings. The molecular weight excluding hydrogens is 370 g/mol. The molecule has 0 bridgehead atoms. The van der Waals surface area contributed by atoms with Crippen LogP contribution < -0.4 is 10.1 Å². The fourth-order valence-electron chi connectivity index (χ4n) is 2.11. The van der Waals surface area contributed by atoms with Crippen LogP contribution in [0, 0.1) is 21.4 Å². The van der Waals surface area contributed by atoms with Gasteiger partial charge in [0, 0.05) is 28.4 Å². The molecule has 2 rings (SSSR count). The van der Waals surface area contributed by atoms with Crippen LogP contribution in [0.3, 0.4) is 0 Å². The van der Waals surface area contributed by atoms with Crippen molar-refractivity contribution in [1.29, 1.82) is 5.26 Å². The summed E-state index contributed by atoms with van der Waals surface area (Å²) in [5, 5.41) is 23.0. The highest BCUT2D eigenvalue weighted by atomic mass is 35.5. The van der Waals surface area contributed by atoms with Gasteiger partial charge in [-0.3, -0.25) is 14.9 Å². The molecule has 0 saturated carbocycles. The Morgan fingerprint density at radius 1 is 1.37 bits per heavy atom. The summed E-state index contributed by atoms with van der Waals surface area (Å²) >= 11 is 5.98. The standard InChI is InChI=1S/C19H14ClN3O4/c1-2-8-27-18-7-6-15(20)10-13(18)9-14(12-21)19(24)22-16-4-3-5-17(11-16)23(25)26/h2-7,9-11H,1,8H2,(H,22,24)/b14-9+. The fraction of sp³-hybridized carbons (Fsp3) is 0.0526. The van der Waals surface area contributed by atoms with Crippen LogP contribution in [0.15, 0.2) is 60.7 Å². The second-order valence-corrected chi connectivity index (χ2v) is 5.65. The number of amides is 1. The molecule has 8 heteroatoms. The van der Waals surface area contributed by atoms with Gasteiger partial charge in [-0.05, 0) is 30.3 Å². The van der Waals surface area contributed by atoms with Crippen molar-refractivity contribution in [2.75, 3.05) is 11.9 Å². The van der Waals surface area contributed by atoms with Crippen LogP contribution in [-0.2, 0) is 4.79 Å². The van der Waals surface area contributed by atoms with Crippen LogP contribution in [0.4, 0.5) is 11.4 Å². The van der Waals surface area contributed by atoms with Gasteiger partial charge in [-0.1, -0.05) is 30.3 Å². The van der Waals surface area contributed by atoms with Crippen molar-refractivity contribution < 1.29 is 14.5 Å². The zero-order chi connectivity index (χ0) is 19.8. The van der Waals surface area contributed by atoms with Crippen molar-refractivity contribution in [2.45, 2.75) is 0 Å². The average molecular weight is 384 g/mol. The maximum Gasteiger partial charge on any atom is 0.271 e. The zero-order valence-corrected chi connectivity index (χ0v) is 14.8. The van der Waals surface area contributed by atoms with E-state index in [-0.39, 0.29) is 23.6 Å². The summed E-state index contributed by atoms with van der Waals surface area (Å²) in [6.07, 6.45) is 2.89. The second kappa shape index (κ2) is 9.17. The van der Waals surface area contributed by atoms with Gasteiger partial charge in [0.15, 0.2) is 0 Å². The molecular formula is C19H14ClN3O4. The van der Waals surface area contributed by atoms with E-state index in [9.17, 15) is 20.2 Å². The number of halogens is 1. The molecule has 0 atom stereocenters. The highest BCUT2D eigenvalue weighted by Gasteiger charge is 2.13. The lowest BCUT2D eigenvalue weighted by Crippen LogP contribution is -2.13. The molecule has 0 aromatic heterocycles. The Labute approximate surface area is 160 Å². The number of nitro groups is 1. The fourth-order valence-corrected chi connectivity index (χ4v) is 2.29. The lowest BCUT2D eigenvalue weighted by molar-refractivity contribution is -0.384. The first-order valence-corrected chi connectivity index (χ1v) is 8.03. The quantitative estimate of drug-likeness (QED) is 0.251. The van der Waals surface area contributed by atoms with E-state index < -0.39 is 10.8 Å². The highest BCUT2D eigenvalue weighted by molar-refractivity contribution is 6.30. The van der Waals surface area contributed by atoms with Crippen LogP contribution >= 0.6 is 11.6 Å². The van der Waals surface area contributed by atoms with Crippen LogP contribution in [0.5, 0.6) is 5.75 Å². The van der Waals surface area contributed by atoms with Gasteiger partial charge < -0.3 is 10.1 Å². The number of ether oxygens (including phenoxy) is 1. The molecule has 0 saturated heterocycles. The first-order chi connectivity index (χ1) is 12.9. The Kier molecular flexibility index (Phi) is 6.69. The Morgan fingerprint density at radius 2 is 2.15 bits per heavy atom. The number of rotatable bonds is 7. The molecule has 1 amide bonds. The number of nitrogens with zero attached hydrogens (tertiary/aromatic N) is 2. The average Bonchev–Trinajstić information content (AvgIpc) is 2.65. The van der Waals surface area contributed by atoms with Gasteiger partial charge in [-0.2, -0.15) is 5.26 Å². The minimum absolute atomic E-state index is 0.176. The molecule has 136 valence electrons. The number of nitrogens with one attached hydrogen (secondary N) is 1. The second-order valence-electron chi connectivity index (χ2n) is 5.21. The van der Waals surface area contributed by atoms with Crippen molar-refractivity contribution >= 4 is 35.0 Å². The van der Waals surface area contributed by atoms with Crippen LogP contribution in [-0.4, -0.2) is 17.4 Å². The van der Waals surface area contributed by atoms with Gasteiger partial charge in [-0.25, -0.2) is 0 Å². The summed E-state index contributed by atoms with van der Waals surface area (Å²) in [6.45, 7) is 3.80. The topological polar surface area (TPSA) is 105 Å². The Morgan fingerprint density at radius 3 is 2.81 bits per heavy atom. The molecule has 0 aliphatic carbocycles. The molecule has 27 heavy (non-hydrogen) atoms. The third-order valence-electron chi connectivity index (χ3n) is 3.31. The lowest BCUT2D eigenvalue weighted by atomic mass is 10.1. The molecule has 0 aliphatic heterocycles. The zero-order valence-electron chi connectivity index (χ0n) is 14.0. The molecule has 0 radical (unpaired) electrons. The molecule has 0 unspecified atom stereocenters. The first-order valence-electron chi connectivity index (χ1n) is 7.65. The van der Waals surface area contributed by atoms with E-state index in [1.165, 1.54) is 30.3 Å². The van der Waals surface area contributed by atoms with Crippen LogP contribution in [0.1, 0.15) is 5.56 Å². The summed E-state index contributed by atoms with van der Waals surface area (Å²) in [6, 6.07) is 12.0. The van der Waals surface area contributed by atoms with Crippen molar-refractivity contribution in [3.8, 4) is 11.8 Å². The third-order valence-corrected chi connectivity index (χ3v) is 3.54. The maximum absolute atomic E-state index is 12.4. The number of anilines is 1. The monoisotopic (exact) mass is 383 g/mol. The van der Waals surface area contributed by atoms with Gasteiger partial charge in [0.05, 0.1) is 4.92 Å². The van der Waals surface area contributed by atoms with E-state index in [0.29, 0.717) is 16.3 Å². The maximum atomic E-state index is 12.4. The summed E-state index contributed by atoms with van der Waals surface area (Å²) in [5.41, 5.74) is 0.247. The van der Waals surface area contributed by atoms with Gasteiger partial charge in [-0.15, -0.1) is 0 Å². The van der Waals surface area contributed by atoms with Gasteiger partial charge in [0.2, 0.25) is 0 Å². The van der Waals surface area contributed by atoms with Crippen molar-refractivity contribution in [3.05, 3.63) is 81.4 Å². The van der Waals surface area contributed by atoms with E-state index >= 15 is 0 Å². The number of benzene rings is 2. The Balaban J connectivity index is 2.30. The van der Waals surface area contributed by atoms with Gasteiger partial charge in [0.25, 0.3) is 11.6 Å². The number of carbonyl (C=O) groups excluding carboxylic acids is 1. The largest absolute Gasteiger partial charge is 0.489 e. The normalized spacial score (nSPS) is 10.6. The molecule has 0 aliphatic rings. The van der Waals surface area contributed by atoms with Crippen LogP contribution in [0.25, 0.3) is 6.08 Å². The number of carbonyl (C=O) groups is 1. The molecule has 2 aromatic carbocycles. The Bertz CT molecular complexity index is 964. The Hall–Kier alpha value is -3.63. The SMILES string of the molecule is C=CCOc1ccc(Cl)cc1/C=C(\C#N)C(=O)Nc1cccc([N+](=O)[O-])c1. The molecule has 0 spiro atoms. The summed E-state index contributed by atoms with van der Waals surface area (Å²) < 4.78 is 5.49. The van der Waals surface area contributed by atoms with Gasteiger partial charge in [0.1, 0.15) is 24.0 Å². The number of nitriles is 1. The number of hydrogen-bond acceptors (Lipinski definition) is 5.